The average Bonchev–Trinajstić information content (AvgIpc) is 2.97. The van der Waals surface area contributed by atoms with E-state index in [0.717, 1.165) is 5.56 Å². The van der Waals surface area contributed by atoms with E-state index in [1.807, 2.05) is 30.3 Å². The van der Waals surface area contributed by atoms with E-state index in [9.17, 15) is 4.79 Å². The highest BCUT2D eigenvalue weighted by atomic mass is 16.5. The molecule has 1 atom stereocenters. The van der Waals surface area contributed by atoms with Crippen molar-refractivity contribution in [3.8, 4) is 0 Å². The molecular weight excluding hydrogens is 278 g/mol. The molecule has 0 aliphatic carbocycles. The van der Waals surface area contributed by atoms with Gasteiger partial charge in [-0.25, -0.2) is 0 Å². The first-order chi connectivity index (χ1) is 10.6. The standard InChI is InChI=1S/C18H23NO3/c1-13(2)14(3)9-18(20)17-10-16(22-19-17)12-21-11-15-7-5-4-6-8-15/h4-8,10,13-14H,9,11-12H2,1-3H3. The Morgan fingerprint density at radius 2 is 1.91 bits per heavy atom. The van der Waals surface area contributed by atoms with Gasteiger partial charge in [-0.3, -0.25) is 4.79 Å². The lowest BCUT2D eigenvalue weighted by atomic mass is 9.92. The second kappa shape index (κ2) is 7.90. The monoisotopic (exact) mass is 301 g/mol. The number of carbonyl (C=O) groups is 1. The molecule has 4 heteroatoms. The van der Waals surface area contributed by atoms with Crippen LogP contribution < -0.4 is 0 Å². The Bertz CT molecular complexity index is 589. The third-order valence-corrected chi connectivity index (χ3v) is 3.85. The van der Waals surface area contributed by atoms with Crippen LogP contribution in [0, 0.1) is 11.8 Å². The molecule has 0 fully saturated rings. The van der Waals surface area contributed by atoms with Gasteiger partial charge in [0.25, 0.3) is 0 Å². The number of hydrogen-bond donors (Lipinski definition) is 0. The summed E-state index contributed by atoms with van der Waals surface area (Å²) < 4.78 is 10.7. The molecule has 1 unspecified atom stereocenters. The molecule has 0 amide bonds. The summed E-state index contributed by atoms with van der Waals surface area (Å²) >= 11 is 0. The van der Waals surface area contributed by atoms with Gasteiger partial charge in [-0.15, -0.1) is 0 Å². The van der Waals surface area contributed by atoms with Crippen LogP contribution >= 0.6 is 0 Å². The van der Waals surface area contributed by atoms with E-state index in [4.69, 9.17) is 9.26 Å². The molecular formula is C18H23NO3. The molecule has 4 nitrogen and oxygen atoms in total. The van der Waals surface area contributed by atoms with Crippen molar-refractivity contribution in [1.29, 1.82) is 0 Å². The molecule has 2 aromatic rings. The van der Waals surface area contributed by atoms with Gasteiger partial charge in [0.05, 0.1) is 6.61 Å². The van der Waals surface area contributed by atoms with E-state index in [1.165, 1.54) is 0 Å². The first-order valence-electron chi connectivity index (χ1n) is 7.66. The van der Waals surface area contributed by atoms with Crippen LogP contribution in [-0.2, 0) is 18.0 Å². The highest BCUT2D eigenvalue weighted by Crippen LogP contribution is 2.17. The summed E-state index contributed by atoms with van der Waals surface area (Å²) in [6, 6.07) is 11.6. The average molecular weight is 301 g/mol. The highest BCUT2D eigenvalue weighted by Gasteiger charge is 2.17. The normalized spacial score (nSPS) is 12.5. The Morgan fingerprint density at radius 1 is 1.18 bits per heavy atom. The van der Waals surface area contributed by atoms with Gasteiger partial charge in [-0.05, 0) is 17.4 Å². The lowest BCUT2D eigenvalue weighted by molar-refractivity contribution is 0.0877. The fraction of sp³-hybridized carbons (Fsp3) is 0.444. The maximum absolute atomic E-state index is 12.1. The van der Waals surface area contributed by atoms with Gasteiger partial charge in [-0.1, -0.05) is 56.3 Å². The van der Waals surface area contributed by atoms with E-state index < -0.39 is 0 Å². The molecule has 0 bridgehead atoms. The van der Waals surface area contributed by atoms with Crippen LogP contribution in [0.3, 0.4) is 0 Å². The predicted molar refractivity (Wildman–Crippen MR) is 84.4 cm³/mol. The van der Waals surface area contributed by atoms with E-state index in [1.54, 1.807) is 6.07 Å². The number of rotatable bonds is 8. The van der Waals surface area contributed by atoms with Crippen LogP contribution in [0.4, 0.5) is 0 Å². The van der Waals surface area contributed by atoms with Crippen molar-refractivity contribution in [3.05, 3.63) is 53.4 Å². The number of hydrogen-bond acceptors (Lipinski definition) is 4. The lowest BCUT2D eigenvalue weighted by Gasteiger charge is -2.12. The number of Topliss-reactive ketones (excluding diaryl/α,β-unsaturated/α-hetero) is 1. The zero-order chi connectivity index (χ0) is 15.9. The summed E-state index contributed by atoms with van der Waals surface area (Å²) in [5.74, 6) is 1.42. The summed E-state index contributed by atoms with van der Waals surface area (Å²) in [6.45, 7) is 7.13. The molecule has 1 aromatic heterocycles. The van der Waals surface area contributed by atoms with Crippen LogP contribution in [0.2, 0.25) is 0 Å². The Balaban J connectivity index is 1.82. The second-order valence-electron chi connectivity index (χ2n) is 6.01. The van der Waals surface area contributed by atoms with Crippen molar-refractivity contribution in [2.24, 2.45) is 11.8 Å². The summed E-state index contributed by atoms with van der Waals surface area (Å²) in [5, 5.41) is 3.85. The van der Waals surface area contributed by atoms with Gasteiger partial charge < -0.3 is 9.26 Å². The van der Waals surface area contributed by atoms with Gasteiger partial charge >= 0.3 is 0 Å². The van der Waals surface area contributed by atoms with Crippen LogP contribution in [0.5, 0.6) is 0 Å². The first kappa shape index (κ1) is 16.4. The zero-order valence-corrected chi connectivity index (χ0v) is 13.4. The molecule has 0 saturated carbocycles. The molecule has 0 spiro atoms. The number of benzene rings is 1. The summed E-state index contributed by atoms with van der Waals surface area (Å²) in [5.41, 5.74) is 1.50. The topological polar surface area (TPSA) is 52.3 Å². The zero-order valence-electron chi connectivity index (χ0n) is 13.4. The van der Waals surface area contributed by atoms with E-state index in [2.05, 4.69) is 25.9 Å². The lowest BCUT2D eigenvalue weighted by Crippen LogP contribution is -2.11. The molecule has 22 heavy (non-hydrogen) atoms. The van der Waals surface area contributed by atoms with Crippen molar-refractivity contribution >= 4 is 5.78 Å². The molecule has 118 valence electrons. The smallest absolute Gasteiger partial charge is 0.185 e. The summed E-state index contributed by atoms with van der Waals surface area (Å²) in [4.78, 5) is 12.1. The number of nitrogens with zero attached hydrogens (tertiary/aromatic N) is 1. The van der Waals surface area contributed by atoms with Crippen molar-refractivity contribution in [2.45, 2.75) is 40.4 Å². The minimum absolute atomic E-state index is 0.0271. The minimum atomic E-state index is 0.0271. The predicted octanol–water partition coefficient (Wildman–Crippen LogP) is 4.26. The number of aromatic nitrogens is 1. The molecule has 0 aliphatic heterocycles. The van der Waals surface area contributed by atoms with Crippen LogP contribution in [-0.4, -0.2) is 10.9 Å². The molecule has 1 aromatic carbocycles. The van der Waals surface area contributed by atoms with E-state index in [0.29, 0.717) is 42.9 Å². The van der Waals surface area contributed by atoms with Crippen LogP contribution in [0.15, 0.2) is 40.9 Å². The van der Waals surface area contributed by atoms with Crippen LogP contribution in [0.25, 0.3) is 0 Å². The SMILES string of the molecule is CC(C)C(C)CC(=O)c1cc(COCc2ccccc2)on1. The van der Waals surface area contributed by atoms with Crippen molar-refractivity contribution in [2.75, 3.05) is 0 Å². The maximum atomic E-state index is 12.1. The Hall–Kier alpha value is -1.94. The van der Waals surface area contributed by atoms with Crippen molar-refractivity contribution < 1.29 is 14.1 Å². The summed E-state index contributed by atoms with van der Waals surface area (Å²) in [6.07, 6.45) is 0.495. The molecule has 0 saturated heterocycles. The molecule has 2 rings (SSSR count). The maximum Gasteiger partial charge on any atom is 0.185 e. The Labute approximate surface area is 131 Å². The van der Waals surface area contributed by atoms with E-state index in [-0.39, 0.29) is 5.78 Å². The second-order valence-corrected chi connectivity index (χ2v) is 6.01. The van der Waals surface area contributed by atoms with Crippen molar-refractivity contribution in [1.82, 2.24) is 5.16 Å². The fourth-order valence-corrected chi connectivity index (χ4v) is 1.99. The minimum Gasteiger partial charge on any atom is -0.369 e. The van der Waals surface area contributed by atoms with Gasteiger partial charge in [0.1, 0.15) is 12.3 Å². The largest absolute Gasteiger partial charge is 0.369 e. The molecule has 0 N–H and O–H groups in total. The van der Waals surface area contributed by atoms with Crippen LogP contribution in [0.1, 0.15) is 49.0 Å². The number of carbonyl (C=O) groups excluding carboxylic acids is 1. The third kappa shape index (κ3) is 4.81. The number of ketones is 1. The number of ether oxygens (including phenoxy) is 1. The van der Waals surface area contributed by atoms with Gasteiger partial charge in [0.15, 0.2) is 11.5 Å². The van der Waals surface area contributed by atoms with Gasteiger partial charge in [-0.2, -0.15) is 0 Å². The van der Waals surface area contributed by atoms with Gasteiger partial charge in [0, 0.05) is 12.5 Å². The van der Waals surface area contributed by atoms with Crippen molar-refractivity contribution in [3.63, 3.8) is 0 Å². The quantitative estimate of drug-likeness (QED) is 0.684. The summed E-state index contributed by atoms with van der Waals surface area (Å²) in [7, 11) is 0. The molecule has 1 heterocycles. The van der Waals surface area contributed by atoms with E-state index >= 15 is 0 Å². The molecule has 0 radical (unpaired) electrons. The first-order valence-corrected chi connectivity index (χ1v) is 7.66. The van der Waals surface area contributed by atoms with Gasteiger partial charge in [0.2, 0.25) is 0 Å². The fourth-order valence-electron chi connectivity index (χ4n) is 1.99. The Kier molecular flexibility index (Phi) is 5.90. The highest BCUT2D eigenvalue weighted by molar-refractivity contribution is 5.94. The Morgan fingerprint density at radius 3 is 2.59 bits per heavy atom. The third-order valence-electron chi connectivity index (χ3n) is 3.85. The molecule has 0 aliphatic rings.